The topological polar surface area (TPSA) is 68.3 Å². The van der Waals surface area contributed by atoms with Gasteiger partial charge in [-0.25, -0.2) is 0 Å². The average Bonchev–Trinajstić information content (AvgIpc) is 3.11. The van der Waals surface area contributed by atoms with Gasteiger partial charge in [0, 0.05) is 18.9 Å². The van der Waals surface area contributed by atoms with Gasteiger partial charge in [0.1, 0.15) is 11.2 Å². The minimum Gasteiger partial charge on any atom is -0.429 e. The zero-order chi connectivity index (χ0) is 15.3. The summed E-state index contributed by atoms with van der Waals surface area (Å²) >= 11 is 0. The van der Waals surface area contributed by atoms with Crippen LogP contribution in [0.4, 0.5) is 0 Å². The van der Waals surface area contributed by atoms with Crippen LogP contribution in [0.3, 0.4) is 0 Å². The van der Waals surface area contributed by atoms with Crippen LogP contribution >= 0.6 is 0 Å². The van der Waals surface area contributed by atoms with E-state index < -0.39 is 17.3 Å². The first-order chi connectivity index (χ1) is 9.75. The van der Waals surface area contributed by atoms with Crippen molar-refractivity contribution in [1.29, 1.82) is 0 Å². The minimum absolute atomic E-state index is 0.144. The smallest absolute Gasteiger partial charge is 0.314 e. The van der Waals surface area contributed by atoms with Crippen LogP contribution in [0.5, 0.6) is 0 Å². The summed E-state index contributed by atoms with van der Waals surface area (Å²) in [4.78, 5) is 12.1. The van der Waals surface area contributed by atoms with E-state index in [9.17, 15) is 9.90 Å². The second kappa shape index (κ2) is 3.63. The summed E-state index contributed by atoms with van der Waals surface area (Å²) in [5.41, 5.74) is -1.73. The molecule has 5 heteroatoms. The summed E-state index contributed by atoms with van der Waals surface area (Å²) in [6.07, 6.45) is 3.28. The van der Waals surface area contributed by atoms with Gasteiger partial charge in [0.15, 0.2) is 0 Å². The zero-order valence-electron chi connectivity index (χ0n) is 13.1. The summed E-state index contributed by atoms with van der Waals surface area (Å²) in [6, 6.07) is 0. The van der Waals surface area contributed by atoms with Crippen LogP contribution in [-0.2, 0) is 19.0 Å². The highest BCUT2D eigenvalue weighted by Gasteiger charge is 2.82. The van der Waals surface area contributed by atoms with E-state index in [0.29, 0.717) is 18.8 Å². The second-order valence-corrected chi connectivity index (χ2v) is 7.77. The molecule has 2 aliphatic heterocycles. The summed E-state index contributed by atoms with van der Waals surface area (Å²) in [5, 5.41) is 11.3. The van der Waals surface area contributed by atoms with E-state index in [1.165, 1.54) is 7.11 Å². The van der Waals surface area contributed by atoms with Gasteiger partial charge in [-0.1, -0.05) is 13.8 Å². The molecule has 7 atom stereocenters. The first-order valence-electron chi connectivity index (χ1n) is 7.93. The summed E-state index contributed by atoms with van der Waals surface area (Å²) in [5.74, 6) is -1.76. The summed E-state index contributed by atoms with van der Waals surface area (Å²) in [7, 11) is 1.51. The van der Waals surface area contributed by atoms with Crippen molar-refractivity contribution in [2.75, 3.05) is 7.11 Å². The van der Waals surface area contributed by atoms with Crippen LogP contribution in [0, 0.1) is 17.3 Å². The first kappa shape index (κ1) is 14.0. The maximum Gasteiger partial charge on any atom is 0.314 e. The molecular weight excluding hydrogens is 272 g/mol. The number of fused-ring (bicyclic) bond motifs is 1. The normalized spacial score (nSPS) is 61.6. The zero-order valence-corrected chi connectivity index (χ0v) is 13.1. The van der Waals surface area contributed by atoms with Crippen molar-refractivity contribution in [3.05, 3.63) is 0 Å². The Morgan fingerprint density at radius 1 is 1.29 bits per heavy atom. The van der Waals surface area contributed by atoms with E-state index in [4.69, 9.17) is 14.2 Å². The third-order valence-electron chi connectivity index (χ3n) is 7.19. The number of epoxide rings is 1. The minimum atomic E-state index is -1.28. The Morgan fingerprint density at radius 2 is 2.00 bits per heavy atom. The van der Waals surface area contributed by atoms with Crippen molar-refractivity contribution in [3.8, 4) is 0 Å². The highest BCUT2D eigenvalue weighted by molar-refractivity contribution is 5.77. The fraction of sp³-hybridized carbons (Fsp3) is 0.938. The fourth-order valence-corrected chi connectivity index (χ4v) is 5.37. The standard InChI is InChI=1S/C16H24O5/c1-9-5-6-11-15(20-11)8-16(19-4)14(18,7-13(9,15)3)10(2)12(17)21-16/h9-11,18H,5-8H2,1-4H3/t9-,10+,11+,13+,14+,15+,16+/m1/s1. The van der Waals surface area contributed by atoms with E-state index in [2.05, 4.69) is 13.8 Å². The van der Waals surface area contributed by atoms with Crippen LogP contribution in [0.1, 0.15) is 46.5 Å². The van der Waals surface area contributed by atoms with Crippen LogP contribution in [0.25, 0.3) is 0 Å². The van der Waals surface area contributed by atoms with E-state index in [1.807, 2.05) is 0 Å². The SMILES string of the molecule is CO[C@]12C[C@]34O[C@H]3CC[C@@H](C)[C@]4(C)C[C@]1(O)[C@@H](C)C(=O)O2. The molecule has 21 heavy (non-hydrogen) atoms. The van der Waals surface area contributed by atoms with Crippen molar-refractivity contribution in [2.45, 2.75) is 69.5 Å². The van der Waals surface area contributed by atoms with Crippen molar-refractivity contribution in [2.24, 2.45) is 17.3 Å². The molecule has 1 N–H and O–H groups in total. The molecule has 5 nitrogen and oxygen atoms in total. The Balaban J connectivity index is 1.84. The predicted molar refractivity (Wildman–Crippen MR) is 73.3 cm³/mol. The molecule has 2 aliphatic carbocycles. The van der Waals surface area contributed by atoms with E-state index in [-0.39, 0.29) is 23.1 Å². The lowest BCUT2D eigenvalue weighted by Crippen LogP contribution is -2.68. The number of methoxy groups -OCH3 is 1. The third kappa shape index (κ3) is 1.28. The maximum atomic E-state index is 12.1. The molecule has 0 amide bonds. The van der Waals surface area contributed by atoms with Gasteiger partial charge in [-0.3, -0.25) is 4.79 Å². The van der Waals surface area contributed by atoms with Crippen molar-refractivity contribution in [3.63, 3.8) is 0 Å². The number of carbonyl (C=O) groups is 1. The number of rotatable bonds is 1. The molecule has 0 aromatic carbocycles. The van der Waals surface area contributed by atoms with Gasteiger partial charge in [0.2, 0.25) is 5.79 Å². The highest BCUT2D eigenvalue weighted by atomic mass is 16.7. The molecule has 0 unspecified atom stereocenters. The van der Waals surface area contributed by atoms with Crippen LogP contribution in [-0.4, -0.2) is 41.3 Å². The first-order valence-corrected chi connectivity index (χ1v) is 7.93. The van der Waals surface area contributed by atoms with E-state index >= 15 is 0 Å². The monoisotopic (exact) mass is 296 g/mol. The second-order valence-electron chi connectivity index (χ2n) is 7.77. The van der Waals surface area contributed by atoms with Gasteiger partial charge in [0.25, 0.3) is 0 Å². The third-order valence-corrected chi connectivity index (χ3v) is 7.19. The Labute approximate surface area is 124 Å². The van der Waals surface area contributed by atoms with Crippen molar-refractivity contribution < 1.29 is 24.1 Å². The molecule has 4 aliphatic rings. The number of aliphatic hydroxyl groups is 1. The quantitative estimate of drug-likeness (QED) is 0.588. The molecule has 4 rings (SSSR count). The molecule has 2 heterocycles. The number of esters is 1. The fourth-order valence-electron chi connectivity index (χ4n) is 5.37. The Kier molecular flexibility index (Phi) is 2.42. The number of hydrogen-bond acceptors (Lipinski definition) is 5. The van der Waals surface area contributed by atoms with E-state index in [1.54, 1.807) is 6.92 Å². The molecule has 0 aromatic rings. The van der Waals surface area contributed by atoms with E-state index in [0.717, 1.165) is 12.8 Å². The van der Waals surface area contributed by atoms with Gasteiger partial charge in [-0.2, -0.15) is 0 Å². The lowest BCUT2D eigenvalue weighted by Gasteiger charge is -2.57. The summed E-state index contributed by atoms with van der Waals surface area (Å²) < 4.78 is 17.3. The van der Waals surface area contributed by atoms with Gasteiger partial charge in [-0.05, 0) is 32.1 Å². The van der Waals surface area contributed by atoms with Crippen LogP contribution in [0.15, 0.2) is 0 Å². The van der Waals surface area contributed by atoms with Gasteiger partial charge in [-0.15, -0.1) is 0 Å². The number of carbonyl (C=O) groups excluding carboxylic acids is 1. The molecule has 0 bridgehead atoms. The molecule has 1 spiro atoms. The lowest BCUT2D eigenvalue weighted by atomic mass is 9.50. The molecule has 118 valence electrons. The van der Waals surface area contributed by atoms with Gasteiger partial charge >= 0.3 is 5.97 Å². The summed E-state index contributed by atoms with van der Waals surface area (Å²) in [6.45, 7) is 6.16. The van der Waals surface area contributed by atoms with Crippen molar-refractivity contribution in [1.82, 2.24) is 0 Å². The molecule has 2 saturated heterocycles. The lowest BCUT2D eigenvalue weighted by molar-refractivity contribution is -0.314. The molecule has 0 aromatic heterocycles. The molecule has 2 saturated carbocycles. The average molecular weight is 296 g/mol. The largest absolute Gasteiger partial charge is 0.429 e. The maximum absolute atomic E-state index is 12.1. The van der Waals surface area contributed by atoms with Gasteiger partial charge in [0.05, 0.1) is 12.0 Å². The van der Waals surface area contributed by atoms with Crippen molar-refractivity contribution >= 4 is 5.97 Å². The molecule has 4 fully saturated rings. The van der Waals surface area contributed by atoms with Gasteiger partial charge < -0.3 is 19.3 Å². The molecule has 0 radical (unpaired) electrons. The van der Waals surface area contributed by atoms with Crippen LogP contribution in [0.2, 0.25) is 0 Å². The highest BCUT2D eigenvalue weighted by Crippen LogP contribution is 2.72. The predicted octanol–water partition coefficient (Wildman–Crippen LogP) is 1.62. The Morgan fingerprint density at radius 3 is 2.67 bits per heavy atom. The Hall–Kier alpha value is -0.650. The number of hydrogen-bond donors (Lipinski definition) is 1. The number of ether oxygens (including phenoxy) is 3. The molecular formula is C16H24O5. The van der Waals surface area contributed by atoms with Crippen LogP contribution < -0.4 is 0 Å². The Bertz CT molecular complexity index is 521.